The summed E-state index contributed by atoms with van der Waals surface area (Å²) in [5, 5.41) is 0.587. The second-order valence-corrected chi connectivity index (χ2v) is 5.28. The number of fused-ring (bicyclic) bond motifs is 1. The van der Waals surface area contributed by atoms with E-state index in [0.717, 1.165) is 22.2 Å². The molecule has 0 radical (unpaired) electrons. The Kier molecular flexibility index (Phi) is 3.03. The lowest BCUT2D eigenvalue weighted by Gasteiger charge is -2.00. The Morgan fingerprint density at radius 2 is 1.84 bits per heavy atom. The van der Waals surface area contributed by atoms with Gasteiger partial charge in [-0.1, -0.05) is 11.6 Å². The van der Waals surface area contributed by atoms with Gasteiger partial charge in [0.2, 0.25) is 0 Å². The first kappa shape index (κ1) is 12.6. The summed E-state index contributed by atoms with van der Waals surface area (Å²) >= 11 is 9.24. The largest absolute Gasteiger partial charge is 0.338 e. The third-order valence-corrected chi connectivity index (χ3v) is 3.60. The monoisotopic (exact) mass is 342 g/mol. The number of halogens is 4. The molecule has 0 bridgehead atoms. The standard InChI is InChI=1S/C13H6BrClF2N2/c14-8-3-6(15)1-2-7(8)13-18-11-4-9(16)10(17)5-12(11)19-13/h1-5H,(H,18,19). The van der Waals surface area contributed by atoms with Gasteiger partial charge in [-0.15, -0.1) is 0 Å². The Bertz CT molecular complexity index is 747. The van der Waals surface area contributed by atoms with Crippen molar-refractivity contribution in [3.05, 3.63) is 51.5 Å². The van der Waals surface area contributed by atoms with Crippen molar-refractivity contribution in [3.63, 3.8) is 0 Å². The van der Waals surface area contributed by atoms with Crippen molar-refractivity contribution in [2.24, 2.45) is 0 Å². The molecule has 2 aromatic carbocycles. The van der Waals surface area contributed by atoms with Crippen molar-refractivity contribution >= 4 is 38.6 Å². The average molecular weight is 344 g/mol. The van der Waals surface area contributed by atoms with E-state index in [2.05, 4.69) is 25.9 Å². The highest BCUT2D eigenvalue weighted by Gasteiger charge is 2.12. The number of hydrogen-bond donors (Lipinski definition) is 1. The first-order chi connectivity index (χ1) is 9.04. The second kappa shape index (κ2) is 4.58. The molecule has 0 saturated heterocycles. The maximum Gasteiger partial charge on any atom is 0.161 e. The Morgan fingerprint density at radius 3 is 2.58 bits per heavy atom. The van der Waals surface area contributed by atoms with Crippen LogP contribution in [0.15, 0.2) is 34.8 Å². The molecule has 2 nitrogen and oxygen atoms in total. The maximum atomic E-state index is 13.1. The van der Waals surface area contributed by atoms with Crippen molar-refractivity contribution in [2.45, 2.75) is 0 Å². The predicted octanol–water partition coefficient (Wildman–Crippen LogP) is 4.92. The number of aromatic nitrogens is 2. The van der Waals surface area contributed by atoms with E-state index >= 15 is 0 Å². The third-order valence-electron chi connectivity index (χ3n) is 2.71. The zero-order valence-electron chi connectivity index (χ0n) is 9.35. The zero-order valence-corrected chi connectivity index (χ0v) is 11.7. The molecule has 3 aromatic rings. The third kappa shape index (κ3) is 2.24. The van der Waals surface area contributed by atoms with Gasteiger partial charge in [0.25, 0.3) is 0 Å². The lowest BCUT2D eigenvalue weighted by atomic mass is 10.2. The average Bonchev–Trinajstić information content (AvgIpc) is 2.72. The number of nitrogens with zero attached hydrogens (tertiary/aromatic N) is 1. The normalized spacial score (nSPS) is 11.2. The van der Waals surface area contributed by atoms with Crippen LogP contribution >= 0.6 is 27.5 Å². The van der Waals surface area contributed by atoms with Gasteiger partial charge >= 0.3 is 0 Å². The van der Waals surface area contributed by atoms with Crippen LogP contribution in [0, 0.1) is 11.6 Å². The molecular formula is C13H6BrClF2N2. The first-order valence-electron chi connectivity index (χ1n) is 5.35. The van der Waals surface area contributed by atoms with Crippen LogP contribution in [0.25, 0.3) is 22.4 Å². The molecule has 1 heterocycles. The molecule has 0 spiro atoms. The second-order valence-electron chi connectivity index (χ2n) is 3.99. The number of rotatable bonds is 1. The summed E-state index contributed by atoms with van der Waals surface area (Å²) in [6.07, 6.45) is 0. The number of aromatic amines is 1. The van der Waals surface area contributed by atoms with E-state index in [9.17, 15) is 8.78 Å². The highest BCUT2D eigenvalue weighted by atomic mass is 79.9. The summed E-state index contributed by atoms with van der Waals surface area (Å²) in [5.74, 6) is -1.30. The van der Waals surface area contributed by atoms with E-state index in [0.29, 0.717) is 21.9 Å². The van der Waals surface area contributed by atoms with Crippen LogP contribution in [-0.4, -0.2) is 9.97 Å². The smallest absolute Gasteiger partial charge is 0.161 e. The highest BCUT2D eigenvalue weighted by Crippen LogP contribution is 2.30. The summed E-state index contributed by atoms with van der Waals surface area (Å²) in [5.41, 5.74) is 1.58. The molecular weight excluding hydrogens is 338 g/mol. The Balaban J connectivity index is 2.20. The van der Waals surface area contributed by atoms with Gasteiger partial charge in [0.05, 0.1) is 11.0 Å². The molecule has 0 amide bonds. The van der Waals surface area contributed by atoms with E-state index in [4.69, 9.17) is 11.6 Å². The number of nitrogens with one attached hydrogen (secondary N) is 1. The van der Waals surface area contributed by atoms with Crippen molar-refractivity contribution in [1.29, 1.82) is 0 Å². The molecule has 1 aromatic heterocycles. The van der Waals surface area contributed by atoms with Crippen LogP contribution in [0.4, 0.5) is 8.78 Å². The van der Waals surface area contributed by atoms with Gasteiger partial charge in [0, 0.05) is 27.2 Å². The van der Waals surface area contributed by atoms with Gasteiger partial charge in [-0.3, -0.25) is 0 Å². The molecule has 0 aliphatic heterocycles. The number of benzene rings is 2. The van der Waals surface area contributed by atoms with Crippen LogP contribution < -0.4 is 0 Å². The van der Waals surface area contributed by atoms with Crippen molar-refractivity contribution in [3.8, 4) is 11.4 Å². The highest BCUT2D eigenvalue weighted by molar-refractivity contribution is 9.10. The van der Waals surface area contributed by atoms with E-state index < -0.39 is 11.6 Å². The van der Waals surface area contributed by atoms with Crippen LogP contribution in [0.1, 0.15) is 0 Å². The summed E-state index contributed by atoms with van der Waals surface area (Å²) in [4.78, 5) is 7.19. The number of hydrogen-bond acceptors (Lipinski definition) is 1. The molecule has 3 rings (SSSR count). The minimum Gasteiger partial charge on any atom is -0.338 e. The molecule has 96 valence electrons. The van der Waals surface area contributed by atoms with E-state index in [-0.39, 0.29) is 0 Å². The van der Waals surface area contributed by atoms with E-state index in [1.54, 1.807) is 18.2 Å². The summed E-state index contributed by atoms with van der Waals surface area (Å²) < 4.78 is 27.0. The Labute approximate surface area is 120 Å². The fraction of sp³-hybridized carbons (Fsp3) is 0. The van der Waals surface area contributed by atoms with E-state index in [1.807, 2.05) is 0 Å². The maximum absolute atomic E-state index is 13.1. The quantitative estimate of drug-likeness (QED) is 0.667. The van der Waals surface area contributed by atoms with Crippen LogP contribution in [0.3, 0.4) is 0 Å². The van der Waals surface area contributed by atoms with Crippen LogP contribution in [0.2, 0.25) is 5.02 Å². The SMILES string of the molecule is Fc1cc2nc(-c3ccc(Cl)cc3Br)[nH]c2cc1F. The van der Waals surface area contributed by atoms with Crippen molar-refractivity contribution in [1.82, 2.24) is 9.97 Å². The van der Waals surface area contributed by atoms with Crippen molar-refractivity contribution in [2.75, 3.05) is 0 Å². The zero-order chi connectivity index (χ0) is 13.6. The Hall–Kier alpha value is -1.46. The minimum atomic E-state index is -0.916. The van der Waals surface area contributed by atoms with Gasteiger partial charge in [0.15, 0.2) is 11.6 Å². The minimum absolute atomic E-state index is 0.371. The summed E-state index contributed by atoms with van der Waals surface area (Å²) in [6.45, 7) is 0. The molecule has 19 heavy (non-hydrogen) atoms. The van der Waals surface area contributed by atoms with Gasteiger partial charge in [-0.25, -0.2) is 13.8 Å². The molecule has 0 atom stereocenters. The van der Waals surface area contributed by atoms with Gasteiger partial charge in [-0.05, 0) is 34.1 Å². The van der Waals surface area contributed by atoms with E-state index in [1.165, 1.54) is 0 Å². The van der Waals surface area contributed by atoms with Gasteiger partial charge < -0.3 is 4.98 Å². The number of imidazole rings is 1. The fourth-order valence-electron chi connectivity index (χ4n) is 1.81. The lowest BCUT2D eigenvalue weighted by Crippen LogP contribution is -1.82. The topological polar surface area (TPSA) is 28.7 Å². The molecule has 0 saturated carbocycles. The molecule has 0 unspecified atom stereocenters. The van der Waals surface area contributed by atoms with Crippen molar-refractivity contribution < 1.29 is 8.78 Å². The molecule has 0 aliphatic carbocycles. The molecule has 0 aliphatic rings. The van der Waals surface area contributed by atoms with Crippen LogP contribution in [-0.2, 0) is 0 Å². The lowest BCUT2D eigenvalue weighted by molar-refractivity contribution is 0.510. The number of H-pyrrole nitrogens is 1. The van der Waals surface area contributed by atoms with Gasteiger partial charge in [-0.2, -0.15) is 0 Å². The Morgan fingerprint density at radius 1 is 1.11 bits per heavy atom. The van der Waals surface area contributed by atoms with Crippen LogP contribution in [0.5, 0.6) is 0 Å². The molecule has 6 heteroatoms. The summed E-state index contributed by atoms with van der Waals surface area (Å²) in [7, 11) is 0. The predicted molar refractivity (Wildman–Crippen MR) is 74.2 cm³/mol. The molecule has 0 fully saturated rings. The fourth-order valence-corrected chi connectivity index (χ4v) is 2.68. The summed E-state index contributed by atoms with van der Waals surface area (Å²) in [6, 6.07) is 7.37. The first-order valence-corrected chi connectivity index (χ1v) is 6.52. The molecule has 1 N–H and O–H groups in total. The van der Waals surface area contributed by atoms with Gasteiger partial charge in [0.1, 0.15) is 5.82 Å².